The lowest BCUT2D eigenvalue weighted by Crippen LogP contribution is -2.21. The molecule has 0 aliphatic rings. The Hall–Kier alpha value is -4.16. The fourth-order valence-electron chi connectivity index (χ4n) is 4.10. The number of aryl methyl sites for hydroxylation is 1. The molecule has 184 valence electrons. The number of nitrogens with zero attached hydrogens (tertiary/aromatic N) is 3. The standard InChI is InChI=1S/C31H28N4OS/c1-22-12-14-24(15-13-22)20-35-29-11-7-6-10-28(29)32-31(35)37-21-30(36)34-33-23(2)25-16-18-27(19-17-25)26-8-4-3-5-9-26/h3-19H,20-21H2,1-2H3,(H,34,36)/b33-23-. The van der Waals surface area contributed by atoms with Crippen LogP contribution in [0.5, 0.6) is 0 Å². The summed E-state index contributed by atoms with van der Waals surface area (Å²) < 4.78 is 2.17. The number of aromatic nitrogens is 2. The lowest BCUT2D eigenvalue weighted by Gasteiger charge is -2.09. The van der Waals surface area contributed by atoms with Crippen LogP contribution in [0.4, 0.5) is 0 Å². The molecule has 0 saturated heterocycles. The third kappa shape index (κ3) is 5.98. The lowest BCUT2D eigenvalue weighted by molar-refractivity contribution is -0.118. The molecule has 0 saturated carbocycles. The molecule has 0 aliphatic heterocycles. The van der Waals surface area contributed by atoms with Crippen LogP contribution in [0.15, 0.2) is 113 Å². The van der Waals surface area contributed by atoms with Crippen molar-refractivity contribution < 1.29 is 4.79 Å². The summed E-state index contributed by atoms with van der Waals surface area (Å²) in [6.45, 7) is 4.67. The molecular weight excluding hydrogens is 476 g/mol. The predicted molar refractivity (Wildman–Crippen MR) is 153 cm³/mol. The van der Waals surface area contributed by atoms with Gasteiger partial charge < -0.3 is 4.57 Å². The maximum Gasteiger partial charge on any atom is 0.250 e. The zero-order valence-electron chi connectivity index (χ0n) is 20.9. The topological polar surface area (TPSA) is 59.3 Å². The number of carbonyl (C=O) groups is 1. The van der Waals surface area contributed by atoms with Crippen LogP contribution in [-0.2, 0) is 11.3 Å². The molecular formula is C31H28N4OS. The zero-order valence-corrected chi connectivity index (χ0v) is 21.7. The molecule has 4 aromatic carbocycles. The van der Waals surface area contributed by atoms with Crippen LogP contribution < -0.4 is 5.43 Å². The Morgan fingerprint density at radius 3 is 2.30 bits per heavy atom. The van der Waals surface area contributed by atoms with Crippen molar-refractivity contribution in [3.05, 3.63) is 120 Å². The molecule has 0 aliphatic carbocycles. The van der Waals surface area contributed by atoms with Gasteiger partial charge in [-0.2, -0.15) is 5.10 Å². The van der Waals surface area contributed by atoms with E-state index in [1.165, 1.54) is 28.5 Å². The Morgan fingerprint density at radius 2 is 1.54 bits per heavy atom. The Kier molecular flexibility index (Phi) is 7.47. The second kappa shape index (κ2) is 11.3. The van der Waals surface area contributed by atoms with E-state index in [-0.39, 0.29) is 11.7 Å². The zero-order chi connectivity index (χ0) is 25.6. The molecule has 0 atom stereocenters. The van der Waals surface area contributed by atoms with Crippen molar-refractivity contribution in [1.29, 1.82) is 0 Å². The van der Waals surface area contributed by atoms with E-state index in [0.29, 0.717) is 6.54 Å². The van der Waals surface area contributed by atoms with Crippen LogP contribution in [0.3, 0.4) is 0 Å². The van der Waals surface area contributed by atoms with E-state index in [0.717, 1.165) is 33.0 Å². The first kappa shape index (κ1) is 24.5. The van der Waals surface area contributed by atoms with Crippen LogP contribution in [0, 0.1) is 6.92 Å². The molecule has 1 amide bonds. The van der Waals surface area contributed by atoms with Crippen LogP contribution >= 0.6 is 11.8 Å². The van der Waals surface area contributed by atoms with E-state index in [1.807, 2.05) is 55.5 Å². The van der Waals surface area contributed by atoms with Gasteiger partial charge >= 0.3 is 0 Å². The van der Waals surface area contributed by atoms with Crippen LogP contribution in [-0.4, -0.2) is 26.9 Å². The summed E-state index contributed by atoms with van der Waals surface area (Å²) in [4.78, 5) is 17.4. The number of hydrazone groups is 1. The number of benzene rings is 4. The number of hydrogen-bond donors (Lipinski definition) is 1. The molecule has 0 spiro atoms. The number of amides is 1. The van der Waals surface area contributed by atoms with Crippen LogP contribution in [0.25, 0.3) is 22.2 Å². The summed E-state index contributed by atoms with van der Waals surface area (Å²) in [5, 5.41) is 5.14. The van der Waals surface area contributed by atoms with Gasteiger partial charge in [-0.25, -0.2) is 10.4 Å². The fraction of sp³-hybridized carbons (Fsp3) is 0.129. The minimum Gasteiger partial charge on any atom is -0.314 e. The van der Waals surface area contributed by atoms with Crippen molar-refractivity contribution in [3.63, 3.8) is 0 Å². The minimum absolute atomic E-state index is 0.167. The molecule has 1 heterocycles. The summed E-state index contributed by atoms with van der Waals surface area (Å²) in [5.41, 5.74) is 11.1. The normalized spacial score (nSPS) is 11.6. The first-order valence-electron chi connectivity index (χ1n) is 12.2. The highest BCUT2D eigenvalue weighted by Crippen LogP contribution is 2.25. The second-order valence-corrected chi connectivity index (χ2v) is 9.86. The average molecular weight is 505 g/mol. The number of fused-ring (bicyclic) bond motifs is 1. The summed E-state index contributed by atoms with van der Waals surface area (Å²) in [7, 11) is 0. The predicted octanol–water partition coefficient (Wildman–Crippen LogP) is 6.69. The van der Waals surface area contributed by atoms with Crippen molar-refractivity contribution in [1.82, 2.24) is 15.0 Å². The number of rotatable bonds is 8. The van der Waals surface area contributed by atoms with Gasteiger partial charge in [0, 0.05) is 0 Å². The highest BCUT2D eigenvalue weighted by atomic mass is 32.2. The number of para-hydroxylation sites is 2. The van der Waals surface area contributed by atoms with Gasteiger partial charge in [0.05, 0.1) is 29.0 Å². The third-order valence-electron chi connectivity index (χ3n) is 6.17. The average Bonchev–Trinajstić information content (AvgIpc) is 3.29. The van der Waals surface area contributed by atoms with Gasteiger partial charge in [-0.05, 0) is 48.2 Å². The smallest absolute Gasteiger partial charge is 0.250 e. The van der Waals surface area contributed by atoms with E-state index in [1.54, 1.807) is 0 Å². The number of hydrogen-bond acceptors (Lipinski definition) is 4. The quantitative estimate of drug-likeness (QED) is 0.145. The van der Waals surface area contributed by atoms with Gasteiger partial charge in [0.1, 0.15) is 0 Å². The summed E-state index contributed by atoms with van der Waals surface area (Å²) >= 11 is 1.42. The maximum absolute atomic E-state index is 12.6. The molecule has 1 N–H and O–H groups in total. The monoisotopic (exact) mass is 504 g/mol. The Bertz CT molecular complexity index is 1540. The van der Waals surface area contributed by atoms with Crippen LogP contribution in [0.1, 0.15) is 23.6 Å². The molecule has 37 heavy (non-hydrogen) atoms. The Morgan fingerprint density at radius 1 is 0.865 bits per heavy atom. The van der Waals surface area contributed by atoms with Crippen molar-refractivity contribution in [2.75, 3.05) is 5.75 Å². The maximum atomic E-state index is 12.6. The molecule has 1 aromatic heterocycles. The summed E-state index contributed by atoms with van der Waals surface area (Å²) in [6.07, 6.45) is 0. The number of nitrogens with one attached hydrogen (secondary N) is 1. The summed E-state index contributed by atoms with van der Waals surface area (Å²) in [5.74, 6) is 0.0557. The molecule has 6 heteroatoms. The number of thioether (sulfide) groups is 1. The van der Waals surface area contributed by atoms with Crippen molar-refractivity contribution in [2.24, 2.45) is 5.10 Å². The molecule has 5 nitrogen and oxygen atoms in total. The van der Waals surface area contributed by atoms with Crippen molar-refractivity contribution in [2.45, 2.75) is 25.5 Å². The minimum atomic E-state index is -0.167. The lowest BCUT2D eigenvalue weighted by atomic mass is 10.0. The van der Waals surface area contributed by atoms with Crippen LogP contribution in [0.2, 0.25) is 0 Å². The Labute approximate surface area is 221 Å². The van der Waals surface area contributed by atoms with Gasteiger partial charge in [0.15, 0.2) is 5.16 Å². The van der Waals surface area contributed by atoms with Crippen molar-refractivity contribution >= 4 is 34.4 Å². The molecule has 0 fully saturated rings. The van der Waals surface area contributed by atoms with E-state index in [9.17, 15) is 4.79 Å². The van der Waals surface area contributed by atoms with E-state index >= 15 is 0 Å². The third-order valence-corrected chi connectivity index (χ3v) is 7.15. The van der Waals surface area contributed by atoms with E-state index in [4.69, 9.17) is 4.98 Å². The van der Waals surface area contributed by atoms with Gasteiger partial charge in [-0.15, -0.1) is 0 Å². The molecule has 5 aromatic rings. The number of imidazole rings is 1. The second-order valence-electron chi connectivity index (χ2n) is 8.92. The highest BCUT2D eigenvalue weighted by Gasteiger charge is 2.13. The largest absolute Gasteiger partial charge is 0.314 e. The molecule has 5 rings (SSSR count). The first-order valence-corrected chi connectivity index (χ1v) is 13.2. The SMILES string of the molecule is C/C(=N/NC(=O)CSc1nc2ccccc2n1Cc1ccc(C)cc1)c1ccc(-c2ccccc2)cc1. The molecule has 0 bridgehead atoms. The fourth-order valence-corrected chi connectivity index (χ4v) is 4.91. The van der Waals surface area contributed by atoms with Gasteiger partial charge in [0.2, 0.25) is 0 Å². The summed E-state index contributed by atoms with van der Waals surface area (Å²) in [6, 6.07) is 35.0. The molecule has 0 unspecified atom stereocenters. The number of carbonyl (C=O) groups excluding carboxylic acids is 1. The molecule has 0 radical (unpaired) electrons. The first-order chi connectivity index (χ1) is 18.1. The van der Waals surface area contributed by atoms with E-state index in [2.05, 4.69) is 76.6 Å². The van der Waals surface area contributed by atoms with Gasteiger partial charge in [-0.3, -0.25) is 4.79 Å². The van der Waals surface area contributed by atoms with Crippen molar-refractivity contribution in [3.8, 4) is 11.1 Å². The van der Waals surface area contributed by atoms with Gasteiger partial charge in [-0.1, -0.05) is 108 Å². The van der Waals surface area contributed by atoms with Gasteiger partial charge in [0.25, 0.3) is 5.91 Å². The van der Waals surface area contributed by atoms with E-state index < -0.39 is 0 Å². The Balaban J connectivity index is 1.24. The highest BCUT2D eigenvalue weighted by molar-refractivity contribution is 7.99.